The number of hydrogen-bond acceptors (Lipinski definition) is 1. The average molecular weight is 207 g/mol. The van der Waals surface area contributed by atoms with Gasteiger partial charge in [0.25, 0.3) is 0 Å². The maximum atomic E-state index is 3.88. The summed E-state index contributed by atoms with van der Waals surface area (Å²) in [6.45, 7) is 8.47. The summed E-state index contributed by atoms with van der Waals surface area (Å²) >= 11 is 0. The first-order chi connectivity index (χ1) is 7.07. The molecule has 1 N–H and O–H groups in total. The average Bonchev–Trinajstić information content (AvgIpc) is 2.14. The minimum atomic E-state index is 0.497. The van der Waals surface area contributed by atoms with E-state index in [1.807, 2.05) is 0 Å². The highest BCUT2D eigenvalue weighted by molar-refractivity contribution is 5.15. The molecule has 0 radical (unpaired) electrons. The zero-order chi connectivity index (χ0) is 10.7. The SMILES string of the molecule is CCNC12CC3CC(CC(C3)C1(C)C)C2. The van der Waals surface area contributed by atoms with Crippen LogP contribution in [0.3, 0.4) is 0 Å². The van der Waals surface area contributed by atoms with Gasteiger partial charge in [-0.25, -0.2) is 0 Å². The molecule has 0 spiro atoms. The van der Waals surface area contributed by atoms with E-state index in [9.17, 15) is 0 Å². The summed E-state index contributed by atoms with van der Waals surface area (Å²) in [6, 6.07) is 0. The topological polar surface area (TPSA) is 12.0 Å². The molecule has 0 amide bonds. The van der Waals surface area contributed by atoms with E-state index in [1.54, 1.807) is 6.42 Å². The third kappa shape index (κ3) is 1.19. The number of hydrogen-bond donors (Lipinski definition) is 1. The van der Waals surface area contributed by atoms with Crippen molar-refractivity contribution in [2.45, 2.75) is 58.4 Å². The summed E-state index contributed by atoms with van der Waals surface area (Å²) in [5.41, 5.74) is 1.03. The largest absolute Gasteiger partial charge is 0.311 e. The predicted molar refractivity (Wildman–Crippen MR) is 63.7 cm³/mol. The minimum absolute atomic E-state index is 0.497. The van der Waals surface area contributed by atoms with Gasteiger partial charge in [-0.3, -0.25) is 0 Å². The lowest BCUT2D eigenvalue weighted by molar-refractivity contribution is -0.123. The molecule has 2 unspecified atom stereocenters. The summed E-state index contributed by atoms with van der Waals surface area (Å²) < 4.78 is 0. The smallest absolute Gasteiger partial charge is 0.0240 e. The predicted octanol–water partition coefficient (Wildman–Crippen LogP) is 3.20. The molecule has 1 heteroatoms. The fourth-order valence-corrected chi connectivity index (χ4v) is 5.18. The van der Waals surface area contributed by atoms with Crippen molar-refractivity contribution in [2.75, 3.05) is 6.54 Å². The molecule has 86 valence electrons. The van der Waals surface area contributed by atoms with E-state index in [2.05, 4.69) is 26.1 Å². The minimum Gasteiger partial charge on any atom is -0.311 e. The highest BCUT2D eigenvalue weighted by atomic mass is 15.0. The molecule has 4 rings (SSSR count). The first kappa shape index (κ1) is 10.1. The third-order valence-electron chi connectivity index (χ3n) is 5.95. The van der Waals surface area contributed by atoms with Crippen molar-refractivity contribution in [1.82, 2.24) is 5.32 Å². The molecule has 0 aromatic rings. The quantitative estimate of drug-likeness (QED) is 0.733. The monoisotopic (exact) mass is 207 g/mol. The van der Waals surface area contributed by atoms with Crippen LogP contribution in [0.5, 0.6) is 0 Å². The van der Waals surface area contributed by atoms with E-state index in [-0.39, 0.29) is 0 Å². The molecular weight excluding hydrogens is 182 g/mol. The van der Waals surface area contributed by atoms with Gasteiger partial charge in [-0.05, 0) is 61.8 Å². The van der Waals surface area contributed by atoms with E-state index in [0.717, 1.165) is 24.3 Å². The molecule has 2 atom stereocenters. The van der Waals surface area contributed by atoms with Gasteiger partial charge in [-0.15, -0.1) is 0 Å². The molecule has 0 saturated heterocycles. The zero-order valence-corrected chi connectivity index (χ0v) is 10.5. The van der Waals surface area contributed by atoms with Gasteiger partial charge in [-0.2, -0.15) is 0 Å². The third-order valence-corrected chi connectivity index (χ3v) is 5.95. The zero-order valence-electron chi connectivity index (χ0n) is 10.5. The van der Waals surface area contributed by atoms with Crippen molar-refractivity contribution in [3.63, 3.8) is 0 Å². The van der Waals surface area contributed by atoms with Crippen LogP contribution in [-0.2, 0) is 0 Å². The van der Waals surface area contributed by atoms with Gasteiger partial charge in [0.2, 0.25) is 0 Å². The van der Waals surface area contributed by atoms with E-state index < -0.39 is 0 Å². The van der Waals surface area contributed by atoms with Crippen LogP contribution in [0.4, 0.5) is 0 Å². The molecule has 0 aliphatic heterocycles. The van der Waals surface area contributed by atoms with Crippen molar-refractivity contribution in [2.24, 2.45) is 23.2 Å². The maximum absolute atomic E-state index is 3.88. The van der Waals surface area contributed by atoms with Crippen LogP contribution in [0.15, 0.2) is 0 Å². The molecule has 0 aromatic carbocycles. The van der Waals surface area contributed by atoms with Gasteiger partial charge in [0.1, 0.15) is 0 Å². The van der Waals surface area contributed by atoms with Crippen LogP contribution in [0.1, 0.15) is 52.9 Å². The summed E-state index contributed by atoms with van der Waals surface area (Å²) in [7, 11) is 0. The second-order valence-electron chi connectivity index (χ2n) is 6.88. The number of nitrogens with one attached hydrogen (secondary N) is 1. The Kier molecular flexibility index (Phi) is 2.03. The normalized spacial score (nSPS) is 51.0. The Morgan fingerprint density at radius 3 is 2.20 bits per heavy atom. The second kappa shape index (κ2) is 3.00. The first-order valence-corrected chi connectivity index (χ1v) is 6.82. The van der Waals surface area contributed by atoms with Gasteiger partial charge in [0, 0.05) is 5.54 Å². The highest BCUT2D eigenvalue weighted by Gasteiger charge is 2.60. The molecule has 4 aliphatic carbocycles. The fourth-order valence-electron chi connectivity index (χ4n) is 5.18. The lowest BCUT2D eigenvalue weighted by Crippen LogP contribution is -2.68. The Bertz CT molecular complexity index is 255. The van der Waals surface area contributed by atoms with Gasteiger partial charge in [0.05, 0.1) is 0 Å². The van der Waals surface area contributed by atoms with Gasteiger partial charge < -0.3 is 5.32 Å². The van der Waals surface area contributed by atoms with Crippen molar-refractivity contribution >= 4 is 0 Å². The van der Waals surface area contributed by atoms with E-state index >= 15 is 0 Å². The summed E-state index contributed by atoms with van der Waals surface area (Å²) in [5, 5.41) is 3.88. The Morgan fingerprint density at radius 2 is 1.67 bits per heavy atom. The Hall–Kier alpha value is -0.0400. The Balaban J connectivity index is 1.97. The molecule has 15 heavy (non-hydrogen) atoms. The highest BCUT2D eigenvalue weighted by Crippen LogP contribution is 2.63. The van der Waals surface area contributed by atoms with Crippen molar-refractivity contribution < 1.29 is 0 Å². The van der Waals surface area contributed by atoms with Crippen LogP contribution in [0.2, 0.25) is 0 Å². The molecule has 4 aliphatic rings. The molecular formula is C14H25N. The maximum Gasteiger partial charge on any atom is 0.0240 e. The lowest BCUT2D eigenvalue weighted by atomic mass is 9.43. The number of rotatable bonds is 2. The first-order valence-electron chi connectivity index (χ1n) is 6.82. The molecule has 0 heterocycles. The fraction of sp³-hybridized carbons (Fsp3) is 1.00. The molecule has 0 aromatic heterocycles. The van der Waals surface area contributed by atoms with Crippen LogP contribution >= 0.6 is 0 Å². The van der Waals surface area contributed by atoms with Crippen molar-refractivity contribution in [3.05, 3.63) is 0 Å². The van der Waals surface area contributed by atoms with Crippen molar-refractivity contribution in [3.8, 4) is 0 Å². The van der Waals surface area contributed by atoms with E-state index in [0.29, 0.717) is 11.0 Å². The van der Waals surface area contributed by atoms with Gasteiger partial charge in [-0.1, -0.05) is 20.8 Å². The Morgan fingerprint density at radius 1 is 1.07 bits per heavy atom. The van der Waals surface area contributed by atoms with Crippen LogP contribution in [-0.4, -0.2) is 12.1 Å². The van der Waals surface area contributed by atoms with Crippen LogP contribution < -0.4 is 5.32 Å². The van der Waals surface area contributed by atoms with Crippen LogP contribution in [0, 0.1) is 23.2 Å². The van der Waals surface area contributed by atoms with Crippen molar-refractivity contribution in [1.29, 1.82) is 0 Å². The molecule has 1 nitrogen and oxygen atoms in total. The standard InChI is InChI=1S/C14H25N/c1-4-15-14-8-10-5-11(9-14)7-12(6-10)13(14,2)3/h10-12,15H,4-9H2,1-3H3. The van der Waals surface area contributed by atoms with E-state index in [1.165, 1.54) is 25.7 Å². The second-order valence-corrected chi connectivity index (χ2v) is 6.88. The Labute approximate surface area is 94.0 Å². The molecule has 4 bridgehead atoms. The van der Waals surface area contributed by atoms with E-state index in [4.69, 9.17) is 0 Å². The van der Waals surface area contributed by atoms with Crippen LogP contribution in [0.25, 0.3) is 0 Å². The lowest BCUT2D eigenvalue weighted by Gasteiger charge is -2.66. The van der Waals surface area contributed by atoms with Gasteiger partial charge >= 0.3 is 0 Å². The summed E-state index contributed by atoms with van der Waals surface area (Å²) in [4.78, 5) is 0. The summed E-state index contributed by atoms with van der Waals surface area (Å²) in [6.07, 6.45) is 7.51. The summed E-state index contributed by atoms with van der Waals surface area (Å²) in [5.74, 6) is 3.10. The van der Waals surface area contributed by atoms with Gasteiger partial charge in [0.15, 0.2) is 0 Å². The molecule has 4 saturated carbocycles. The molecule has 4 fully saturated rings.